The van der Waals surface area contributed by atoms with Crippen LogP contribution in [-0.2, 0) is 4.79 Å². The van der Waals surface area contributed by atoms with E-state index in [1.165, 1.54) is 0 Å². The van der Waals surface area contributed by atoms with Crippen molar-refractivity contribution in [1.29, 1.82) is 0 Å². The summed E-state index contributed by atoms with van der Waals surface area (Å²) >= 11 is 0. The van der Waals surface area contributed by atoms with Gasteiger partial charge in [0.15, 0.2) is 0 Å². The van der Waals surface area contributed by atoms with Crippen molar-refractivity contribution in [3.8, 4) is 0 Å². The van der Waals surface area contributed by atoms with Gasteiger partial charge >= 0.3 is 0 Å². The van der Waals surface area contributed by atoms with Crippen molar-refractivity contribution in [3.63, 3.8) is 0 Å². The molecule has 0 fully saturated rings. The first-order valence-electron chi connectivity index (χ1n) is 2.61. The Bertz CT molecular complexity index is 76.6. The second kappa shape index (κ2) is 6.37. The number of rotatable bonds is 4. The minimum atomic E-state index is 0.162. The van der Waals surface area contributed by atoms with Gasteiger partial charge in [-0.2, -0.15) is 0 Å². The molecule has 0 bridgehead atoms. The van der Waals surface area contributed by atoms with Crippen LogP contribution in [0.15, 0.2) is 12.2 Å². The van der Waals surface area contributed by atoms with Gasteiger partial charge in [-0.05, 0) is 6.42 Å². The molecule has 0 unspecified atom stereocenters. The molecule has 0 aromatic carbocycles. The largest absolute Gasteiger partial charge is 0.396 e. The first-order chi connectivity index (χ1) is 3.91. The van der Waals surface area contributed by atoms with Gasteiger partial charge in [-0.1, -0.05) is 12.2 Å². The minimum absolute atomic E-state index is 0.162. The van der Waals surface area contributed by atoms with E-state index in [4.69, 9.17) is 5.11 Å². The van der Waals surface area contributed by atoms with Crippen LogP contribution in [0, 0.1) is 0 Å². The Balaban J connectivity index is 2.94. The molecule has 2 heteroatoms. The van der Waals surface area contributed by atoms with Crippen molar-refractivity contribution in [3.05, 3.63) is 12.2 Å². The highest BCUT2D eigenvalue weighted by molar-refractivity contribution is 5.51. The first kappa shape index (κ1) is 7.37. The lowest BCUT2D eigenvalue weighted by atomic mass is 10.3. The van der Waals surface area contributed by atoms with Gasteiger partial charge in [0.2, 0.25) is 0 Å². The fourth-order valence-electron chi connectivity index (χ4n) is 0.344. The molecule has 1 N–H and O–H groups in total. The van der Waals surface area contributed by atoms with Crippen molar-refractivity contribution in [2.45, 2.75) is 12.8 Å². The van der Waals surface area contributed by atoms with E-state index in [2.05, 4.69) is 0 Å². The molecule has 8 heavy (non-hydrogen) atoms. The van der Waals surface area contributed by atoms with Crippen LogP contribution in [0.2, 0.25) is 0 Å². The first-order valence-corrected chi connectivity index (χ1v) is 2.61. The molecule has 0 atom stereocenters. The molecule has 2 nitrogen and oxygen atoms in total. The summed E-state index contributed by atoms with van der Waals surface area (Å²) < 4.78 is 0. The van der Waals surface area contributed by atoms with Gasteiger partial charge in [-0.15, -0.1) is 0 Å². The molecule has 0 aliphatic carbocycles. The Morgan fingerprint density at radius 2 is 2.12 bits per heavy atom. The normalized spacial score (nSPS) is 10.1. The number of carbonyl (C=O) groups excluding carboxylic acids is 1. The molecule has 0 radical (unpaired) electrons. The highest BCUT2D eigenvalue weighted by Crippen LogP contribution is 1.81. The number of allylic oxidation sites excluding steroid dienone is 1. The number of aliphatic hydroxyl groups excluding tert-OH is 1. The molecular weight excluding hydrogens is 104 g/mol. The second-order valence-corrected chi connectivity index (χ2v) is 1.39. The lowest BCUT2D eigenvalue weighted by Gasteiger charge is -1.79. The van der Waals surface area contributed by atoms with Crippen molar-refractivity contribution in [2.75, 3.05) is 6.61 Å². The minimum Gasteiger partial charge on any atom is -0.396 e. The summed E-state index contributed by atoms with van der Waals surface area (Å²) in [6, 6.07) is 0. The van der Waals surface area contributed by atoms with E-state index in [1.54, 1.807) is 12.2 Å². The fourth-order valence-corrected chi connectivity index (χ4v) is 0.344. The van der Waals surface area contributed by atoms with Crippen molar-refractivity contribution >= 4 is 6.29 Å². The molecule has 0 aliphatic heterocycles. The molecule has 0 aromatic rings. The molecule has 0 rings (SSSR count). The highest BCUT2D eigenvalue weighted by Gasteiger charge is 1.72. The molecule has 46 valence electrons. The molecule has 0 amide bonds. The Labute approximate surface area is 48.8 Å². The predicted octanol–water partition coefficient (Wildman–Crippen LogP) is 0.514. The van der Waals surface area contributed by atoms with E-state index in [9.17, 15) is 4.79 Å². The number of aliphatic hydroxyl groups is 1. The summed E-state index contributed by atoms with van der Waals surface area (Å²) in [7, 11) is 0. The smallest absolute Gasteiger partial charge is 0.123 e. The third-order valence-electron chi connectivity index (χ3n) is 0.695. The standard InChI is InChI=1S/C6H10O2/c7-5-3-1-2-4-6-8/h1-2,5,8H,3-4,6H2/b2-1-. The van der Waals surface area contributed by atoms with Gasteiger partial charge in [-0.25, -0.2) is 0 Å². The Kier molecular flexibility index (Phi) is 5.87. The average Bonchev–Trinajstić information content (AvgIpc) is 1.81. The maximum absolute atomic E-state index is 9.65. The summed E-state index contributed by atoms with van der Waals surface area (Å²) in [6.07, 6.45) is 5.46. The second-order valence-electron chi connectivity index (χ2n) is 1.39. The predicted molar refractivity (Wildman–Crippen MR) is 31.5 cm³/mol. The van der Waals surface area contributed by atoms with Gasteiger partial charge in [0.05, 0.1) is 0 Å². The van der Waals surface area contributed by atoms with E-state index >= 15 is 0 Å². The third-order valence-corrected chi connectivity index (χ3v) is 0.695. The van der Waals surface area contributed by atoms with Crippen LogP contribution in [0.25, 0.3) is 0 Å². The summed E-state index contributed by atoms with van der Waals surface area (Å²) in [4.78, 5) is 9.65. The van der Waals surface area contributed by atoms with E-state index < -0.39 is 0 Å². The van der Waals surface area contributed by atoms with Crippen LogP contribution in [0.4, 0.5) is 0 Å². The van der Waals surface area contributed by atoms with Crippen molar-refractivity contribution in [1.82, 2.24) is 0 Å². The van der Waals surface area contributed by atoms with Crippen molar-refractivity contribution < 1.29 is 9.90 Å². The maximum Gasteiger partial charge on any atom is 0.123 e. The molecule has 0 heterocycles. The highest BCUT2D eigenvalue weighted by atomic mass is 16.2. The summed E-state index contributed by atoms with van der Waals surface area (Å²) in [5.74, 6) is 0. The van der Waals surface area contributed by atoms with Gasteiger partial charge in [0.1, 0.15) is 6.29 Å². The van der Waals surface area contributed by atoms with Gasteiger partial charge < -0.3 is 9.90 Å². The van der Waals surface area contributed by atoms with Crippen LogP contribution < -0.4 is 0 Å². The van der Waals surface area contributed by atoms with Gasteiger partial charge in [0, 0.05) is 13.0 Å². The molecule has 0 saturated carbocycles. The monoisotopic (exact) mass is 114 g/mol. The van der Waals surface area contributed by atoms with E-state index in [0.29, 0.717) is 12.8 Å². The Morgan fingerprint density at radius 1 is 1.38 bits per heavy atom. The van der Waals surface area contributed by atoms with Crippen LogP contribution >= 0.6 is 0 Å². The zero-order valence-electron chi connectivity index (χ0n) is 4.71. The van der Waals surface area contributed by atoms with Gasteiger partial charge in [-0.3, -0.25) is 0 Å². The molecule has 0 spiro atoms. The molecule has 0 aliphatic rings. The fraction of sp³-hybridized carbons (Fsp3) is 0.500. The summed E-state index contributed by atoms with van der Waals surface area (Å²) in [6.45, 7) is 0.162. The lowest BCUT2D eigenvalue weighted by molar-refractivity contribution is -0.107. The molecular formula is C6H10O2. The van der Waals surface area contributed by atoms with Crippen LogP contribution in [0.5, 0.6) is 0 Å². The van der Waals surface area contributed by atoms with Crippen LogP contribution in [0.3, 0.4) is 0 Å². The Morgan fingerprint density at radius 3 is 2.62 bits per heavy atom. The van der Waals surface area contributed by atoms with Gasteiger partial charge in [0.25, 0.3) is 0 Å². The van der Waals surface area contributed by atoms with Crippen LogP contribution in [-0.4, -0.2) is 18.0 Å². The molecule has 0 saturated heterocycles. The third kappa shape index (κ3) is 5.37. The molecule has 0 aromatic heterocycles. The zero-order chi connectivity index (χ0) is 6.24. The topological polar surface area (TPSA) is 37.3 Å². The van der Waals surface area contributed by atoms with E-state index in [1.807, 2.05) is 0 Å². The van der Waals surface area contributed by atoms with E-state index in [0.717, 1.165) is 6.29 Å². The average molecular weight is 114 g/mol. The lowest BCUT2D eigenvalue weighted by Crippen LogP contribution is -1.75. The maximum atomic E-state index is 9.65. The Hall–Kier alpha value is -0.630. The number of carbonyl (C=O) groups is 1. The van der Waals surface area contributed by atoms with E-state index in [-0.39, 0.29) is 6.61 Å². The van der Waals surface area contributed by atoms with Crippen LogP contribution in [0.1, 0.15) is 12.8 Å². The van der Waals surface area contributed by atoms with Crippen molar-refractivity contribution in [2.24, 2.45) is 0 Å². The number of aldehydes is 1. The number of hydrogen-bond donors (Lipinski definition) is 1. The summed E-state index contributed by atoms with van der Waals surface area (Å²) in [5.41, 5.74) is 0. The summed E-state index contributed by atoms with van der Waals surface area (Å²) in [5, 5.41) is 8.23. The zero-order valence-corrected chi connectivity index (χ0v) is 4.71. The quantitative estimate of drug-likeness (QED) is 0.427. The number of hydrogen-bond acceptors (Lipinski definition) is 2. The SMILES string of the molecule is O=CC/C=C\CCO.